The van der Waals surface area contributed by atoms with Gasteiger partial charge in [0.1, 0.15) is 0 Å². The maximum atomic E-state index is 12.9. The molecule has 1 aliphatic carbocycles. The van der Waals surface area contributed by atoms with E-state index in [2.05, 4.69) is 52.5 Å². The monoisotopic (exact) mass is 359 g/mol. The summed E-state index contributed by atoms with van der Waals surface area (Å²) in [6.45, 7) is 3.46. The Balaban J connectivity index is 1.49. The lowest BCUT2D eigenvalue weighted by molar-refractivity contribution is 0.204. The molecule has 4 heteroatoms. The van der Waals surface area contributed by atoms with E-state index in [0.29, 0.717) is 12.6 Å². The zero-order valence-electron chi connectivity index (χ0n) is 15.6. The summed E-state index contributed by atoms with van der Waals surface area (Å²) < 4.78 is 2.23. The number of benzene rings is 2. The standard InChI is InChI=1S/C23H25N3O/c1-18-8-5-6-12-22(18)24-23(27)26(20-13-14-20)17-21-11-7-15-25(21)16-19-9-3-2-4-10-19/h2-12,15,20H,13-14,16-17H2,1H3,(H,24,27). The van der Waals surface area contributed by atoms with Crippen molar-refractivity contribution < 1.29 is 4.79 Å². The van der Waals surface area contributed by atoms with Crippen molar-refractivity contribution in [3.05, 3.63) is 89.7 Å². The highest BCUT2D eigenvalue weighted by molar-refractivity contribution is 5.90. The van der Waals surface area contributed by atoms with Gasteiger partial charge in [-0.25, -0.2) is 4.79 Å². The number of rotatable bonds is 6. The summed E-state index contributed by atoms with van der Waals surface area (Å²) >= 11 is 0. The predicted molar refractivity (Wildman–Crippen MR) is 109 cm³/mol. The number of hydrogen-bond donors (Lipinski definition) is 1. The number of aromatic nitrogens is 1. The highest BCUT2D eigenvalue weighted by Gasteiger charge is 2.33. The van der Waals surface area contributed by atoms with Crippen LogP contribution in [0.1, 0.15) is 29.7 Å². The van der Waals surface area contributed by atoms with Gasteiger partial charge < -0.3 is 14.8 Å². The molecule has 1 aromatic heterocycles. The summed E-state index contributed by atoms with van der Waals surface area (Å²) in [6, 6.07) is 22.8. The Labute approximate surface area is 160 Å². The molecule has 0 aliphatic heterocycles. The maximum absolute atomic E-state index is 12.9. The highest BCUT2D eigenvalue weighted by atomic mass is 16.2. The fourth-order valence-corrected chi connectivity index (χ4v) is 3.35. The molecule has 2 aromatic carbocycles. The summed E-state index contributed by atoms with van der Waals surface area (Å²) in [5.41, 5.74) is 4.38. The minimum Gasteiger partial charge on any atom is -0.345 e. The molecule has 4 nitrogen and oxygen atoms in total. The van der Waals surface area contributed by atoms with E-state index in [4.69, 9.17) is 0 Å². The number of anilines is 1. The molecule has 4 rings (SSSR count). The van der Waals surface area contributed by atoms with Crippen LogP contribution in [-0.4, -0.2) is 21.5 Å². The third-order valence-corrected chi connectivity index (χ3v) is 5.09. The van der Waals surface area contributed by atoms with E-state index in [1.54, 1.807) is 0 Å². The molecule has 0 unspecified atom stereocenters. The first kappa shape index (κ1) is 17.4. The SMILES string of the molecule is Cc1ccccc1NC(=O)N(Cc1cccn1Cc1ccccc1)C1CC1. The molecule has 0 saturated heterocycles. The van der Waals surface area contributed by atoms with Crippen molar-refractivity contribution in [3.8, 4) is 0 Å². The van der Waals surface area contributed by atoms with Crippen LogP contribution in [0.25, 0.3) is 0 Å². The van der Waals surface area contributed by atoms with Gasteiger partial charge in [-0.05, 0) is 49.1 Å². The number of nitrogens with one attached hydrogen (secondary N) is 1. The zero-order chi connectivity index (χ0) is 18.6. The summed E-state index contributed by atoms with van der Waals surface area (Å²) in [6.07, 6.45) is 4.26. The molecule has 0 spiro atoms. The number of carbonyl (C=O) groups excluding carboxylic acids is 1. The predicted octanol–water partition coefficient (Wildman–Crippen LogP) is 5.04. The second-order valence-electron chi connectivity index (χ2n) is 7.22. The molecule has 1 heterocycles. The number of hydrogen-bond acceptors (Lipinski definition) is 1. The Hall–Kier alpha value is -3.01. The van der Waals surface area contributed by atoms with Gasteiger partial charge in [0.15, 0.2) is 0 Å². The number of urea groups is 1. The topological polar surface area (TPSA) is 37.3 Å². The van der Waals surface area contributed by atoms with Crippen molar-refractivity contribution in [1.29, 1.82) is 0 Å². The quantitative estimate of drug-likeness (QED) is 0.658. The first-order chi connectivity index (χ1) is 13.2. The molecular formula is C23H25N3O. The highest BCUT2D eigenvalue weighted by Crippen LogP contribution is 2.29. The van der Waals surface area contributed by atoms with Crippen LogP contribution >= 0.6 is 0 Å². The molecule has 1 N–H and O–H groups in total. The lowest BCUT2D eigenvalue weighted by Gasteiger charge is -2.24. The number of amides is 2. The average molecular weight is 359 g/mol. The fourth-order valence-electron chi connectivity index (χ4n) is 3.35. The van der Waals surface area contributed by atoms with E-state index < -0.39 is 0 Å². The van der Waals surface area contributed by atoms with Gasteiger partial charge in [-0.15, -0.1) is 0 Å². The number of para-hydroxylation sites is 1. The lowest BCUT2D eigenvalue weighted by atomic mass is 10.2. The molecule has 138 valence electrons. The Bertz CT molecular complexity index is 912. The Morgan fingerprint density at radius 2 is 1.78 bits per heavy atom. The van der Waals surface area contributed by atoms with Gasteiger partial charge >= 0.3 is 6.03 Å². The van der Waals surface area contributed by atoms with Crippen LogP contribution in [-0.2, 0) is 13.1 Å². The first-order valence-electron chi connectivity index (χ1n) is 9.52. The molecule has 0 radical (unpaired) electrons. The van der Waals surface area contributed by atoms with Crippen LogP contribution in [0.3, 0.4) is 0 Å². The minimum absolute atomic E-state index is 0.0146. The van der Waals surface area contributed by atoms with Gasteiger partial charge in [0.05, 0.1) is 6.54 Å². The van der Waals surface area contributed by atoms with E-state index in [1.807, 2.05) is 42.2 Å². The summed E-state index contributed by atoms with van der Waals surface area (Å²) in [5.74, 6) is 0. The third kappa shape index (κ3) is 4.22. The van der Waals surface area contributed by atoms with Crippen LogP contribution in [0.5, 0.6) is 0 Å². The van der Waals surface area contributed by atoms with Crippen molar-refractivity contribution in [2.75, 3.05) is 5.32 Å². The largest absolute Gasteiger partial charge is 0.345 e. The summed E-state index contributed by atoms with van der Waals surface area (Å²) in [5, 5.41) is 3.09. The van der Waals surface area contributed by atoms with Gasteiger partial charge in [-0.2, -0.15) is 0 Å². The van der Waals surface area contributed by atoms with Gasteiger partial charge in [0.25, 0.3) is 0 Å². The fraction of sp³-hybridized carbons (Fsp3) is 0.261. The van der Waals surface area contributed by atoms with Crippen LogP contribution in [0.2, 0.25) is 0 Å². The van der Waals surface area contributed by atoms with Crippen molar-refractivity contribution in [1.82, 2.24) is 9.47 Å². The van der Waals surface area contributed by atoms with E-state index in [9.17, 15) is 4.79 Å². The van der Waals surface area contributed by atoms with Gasteiger partial charge in [-0.1, -0.05) is 48.5 Å². The molecule has 1 aliphatic rings. The molecule has 1 saturated carbocycles. The van der Waals surface area contributed by atoms with Crippen LogP contribution in [0.4, 0.5) is 10.5 Å². The summed E-state index contributed by atoms with van der Waals surface area (Å²) in [7, 11) is 0. The van der Waals surface area contributed by atoms with Gasteiger partial charge in [0, 0.05) is 30.2 Å². The molecule has 0 atom stereocenters. The Morgan fingerprint density at radius 3 is 2.52 bits per heavy atom. The molecule has 0 bridgehead atoms. The lowest BCUT2D eigenvalue weighted by Crippen LogP contribution is -2.37. The van der Waals surface area contributed by atoms with Crippen molar-refractivity contribution in [2.45, 2.75) is 38.9 Å². The van der Waals surface area contributed by atoms with E-state index >= 15 is 0 Å². The van der Waals surface area contributed by atoms with Crippen LogP contribution < -0.4 is 5.32 Å². The van der Waals surface area contributed by atoms with Crippen LogP contribution in [0.15, 0.2) is 72.9 Å². The van der Waals surface area contributed by atoms with Crippen molar-refractivity contribution in [2.24, 2.45) is 0 Å². The molecule has 1 fully saturated rings. The second-order valence-corrected chi connectivity index (χ2v) is 7.22. The van der Waals surface area contributed by atoms with E-state index in [-0.39, 0.29) is 6.03 Å². The normalized spacial score (nSPS) is 13.4. The van der Waals surface area contributed by atoms with Gasteiger partial charge in [-0.3, -0.25) is 0 Å². The van der Waals surface area contributed by atoms with E-state index in [0.717, 1.165) is 36.3 Å². The smallest absolute Gasteiger partial charge is 0.322 e. The van der Waals surface area contributed by atoms with Gasteiger partial charge in [0.2, 0.25) is 0 Å². The average Bonchev–Trinajstić information content (AvgIpc) is 3.43. The van der Waals surface area contributed by atoms with Crippen molar-refractivity contribution >= 4 is 11.7 Å². The molecule has 2 amide bonds. The molecular weight excluding hydrogens is 334 g/mol. The minimum atomic E-state index is -0.0146. The zero-order valence-corrected chi connectivity index (χ0v) is 15.6. The van der Waals surface area contributed by atoms with Crippen LogP contribution in [0, 0.1) is 6.92 Å². The Morgan fingerprint density at radius 1 is 1.04 bits per heavy atom. The van der Waals surface area contributed by atoms with E-state index in [1.165, 1.54) is 5.56 Å². The Kier molecular flexibility index (Phi) is 4.97. The first-order valence-corrected chi connectivity index (χ1v) is 9.52. The van der Waals surface area contributed by atoms with Crippen molar-refractivity contribution in [3.63, 3.8) is 0 Å². The molecule has 27 heavy (non-hydrogen) atoms. The number of aryl methyl sites for hydroxylation is 1. The number of carbonyl (C=O) groups is 1. The molecule has 3 aromatic rings. The second kappa shape index (κ2) is 7.70. The summed E-state index contributed by atoms with van der Waals surface area (Å²) in [4.78, 5) is 14.9. The number of nitrogens with zero attached hydrogens (tertiary/aromatic N) is 2. The maximum Gasteiger partial charge on any atom is 0.322 e. The third-order valence-electron chi connectivity index (χ3n) is 5.09.